The maximum atomic E-state index is 12.3. The van der Waals surface area contributed by atoms with E-state index in [1.807, 2.05) is 36.4 Å². The van der Waals surface area contributed by atoms with E-state index in [1.165, 1.54) is 4.90 Å². The number of aromatic nitrogens is 1. The summed E-state index contributed by atoms with van der Waals surface area (Å²) < 4.78 is 5.93. The first-order valence-electron chi connectivity index (χ1n) is 7.52. The molecule has 1 aromatic heterocycles. The molecule has 6 nitrogen and oxygen atoms in total. The second kappa shape index (κ2) is 7.44. The standard InChI is InChI=1S/C17H16BrN3O3/c18-14-7-4-8-15(19-14)21-10-9-20(11-16(21)22)17(23)24-12-13-5-2-1-3-6-13/h1-8H,9-12H2. The number of nitrogens with zero attached hydrogens (tertiary/aromatic N) is 3. The predicted molar refractivity (Wildman–Crippen MR) is 92.5 cm³/mol. The lowest BCUT2D eigenvalue weighted by Crippen LogP contribution is -2.52. The van der Waals surface area contributed by atoms with Crippen molar-refractivity contribution in [3.63, 3.8) is 0 Å². The number of piperazine rings is 1. The molecule has 1 aliphatic heterocycles. The van der Waals surface area contributed by atoms with Crippen LogP contribution in [0.3, 0.4) is 0 Å². The van der Waals surface area contributed by atoms with Crippen molar-refractivity contribution in [2.75, 3.05) is 24.5 Å². The van der Waals surface area contributed by atoms with Gasteiger partial charge in [0.15, 0.2) is 0 Å². The van der Waals surface area contributed by atoms with Gasteiger partial charge in [-0.1, -0.05) is 36.4 Å². The van der Waals surface area contributed by atoms with Gasteiger partial charge in [-0.2, -0.15) is 0 Å². The summed E-state index contributed by atoms with van der Waals surface area (Å²) in [6, 6.07) is 14.8. The van der Waals surface area contributed by atoms with E-state index in [-0.39, 0.29) is 19.1 Å². The van der Waals surface area contributed by atoms with Gasteiger partial charge in [0, 0.05) is 13.1 Å². The van der Waals surface area contributed by atoms with Crippen molar-refractivity contribution in [3.8, 4) is 0 Å². The second-order valence-corrected chi connectivity index (χ2v) is 6.14. The Morgan fingerprint density at radius 1 is 1.12 bits per heavy atom. The molecule has 0 saturated carbocycles. The Hall–Kier alpha value is -2.41. The van der Waals surface area contributed by atoms with Crippen LogP contribution in [0.25, 0.3) is 0 Å². The number of amides is 2. The summed E-state index contributed by atoms with van der Waals surface area (Å²) in [5.74, 6) is 0.398. The van der Waals surface area contributed by atoms with Crippen molar-refractivity contribution in [2.24, 2.45) is 0 Å². The van der Waals surface area contributed by atoms with E-state index in [2.05, 4.69) is 20.9 Å². The van der Waals surface area contributed by atoms with E-state index in [0.717, 1.165) is 5.56 Å². The third kappa shape index (κ3) is 3.91. The molecule has 3 rings (SSSR count). The van der Waals surface area contributed by atoms with Crippen LogP contribution in [0.4, 0.5) is 10.6 Å². The van der Waals surface area contributed by atoms with Crippen molar-refractivity contribution in [1.29, 1.82) is 0 Å². The van der Waals surface area contributed by atoms with Gasteiger partial charge in [0.05, 0.1) is 0 Å². The first kappa shape index (κ1) is 16.4. The fraction of sp³-hybridized carbons (Fsp3) is 0.235. The minimum Gasteiger partial charge on any atom is -0.445 e. The van der Waals surface area contributed by atoms with Crippen LogP contribution < -0.4 is 4.90 Å². The van der Waals surface area contributed by atoms with Crippen molar-refractivity contribution in [2.45, 2.75) is 6.61 Å². The van der Waals surface area contributed by atoms with Gasteiger partial charge in [0.25, 0.3) is 0 Å². The smallest absolute Gasteiger partial charge is 0.410 e. The van der Waals surface area contributed by atoms with Crippen molar-refractivity contribution < 1.29 is 14.3 Å². The number of pyridine rings is 1. The molecule has 2 amide bonds. The molecular formula is C17H16BrN3O3. The Kier molecular flexibility index (Phi) is 5.10. The summed E-state index contributed by atoms with van der Waals surface area (Å²) >= 11 is 3.29. The quantitative estimate of drug-likeness (QED) is 0.757. The van der Waals surface area contributed by atoms with E-state index in [4.69, 9.17) is 4.74 Å². The first-order chi connectivity index (χ1) is 11.6. The van der Waals surface area contributed by atoms with Crippen LogP contribution in [-0.2, 0) is 16.1 Å². The third-order valence-electron chi connectivity index (χ3n) is 3.66. The highest BCUT2D eigenvalue weighted by Gasteiger charge is 2.29. The predicted octanol–water partition coefficient (Wildman–Crippen LogP) is 2.83. The normalized spacial score (nSPS) is 14.6. The van der Waals surface area contributed by atoms with Crippen LogP contribution in [0.5, 0.6) is 0 Å². The number of carbonyl (C=O) groups excluding carboxylic acids is 2. The van der Waals surface area contributed by atoms with Gasteiger partial charge in [-0.3, -0.25) is 14.6 Å². The molecule has 0 N–H and O–H groups in total. The van der Waals surface area contributed by atoms with Gasteiger partial charge in [-0.25, -0.2) is 9.78 Å². The lowest BCUT2D eigenvalue weighted by Gasteiger charge is -2.33. The average molecular weight is 390 g/mol. The number of carbonyl (C=O) groups is 2. The van der Waals surface area contributed by atoms with Crippen LogP contribution in [0.2, 0.25) is 0 Å². The van der Waals surface area contributed by atoms with Gasteiger partial charge < -0.3 is 4.74 Å². The second-order valence-electron chi connectivity index (χ2n) is 5.33. The molecule has 1 fully saturated rings. The number of rotatable bonds is 3. The SMILES string of the molecule is O=C(OCc1ccccc1)N1CCN(c2cccc(Br)n2)C(=O)C1. The zero-order chi connectivity index (χ0) is 16.9. The number of hydrogen-bond acceptors (Lipinski definition) is 4. The highest BCUT2D eigenvalue weighted by Crippen LogP contribution is 2.18. The average Bonchev–Trinajstić information content (AvgIpc) is 2.60. The maximum absolute atomic E-state index is 12.3. The van der Waals surface area contributed by atoms with Gasteiger partial charge >= 0.3 is 6.09 Å². The van der Waals surface area contributed by atoms with Crippen LogP contribution in [0, 0.1) is 0 Å². The van der Waals surface area contributed by atoms with Gasteiger partial charge in [-0.15, -0.1) is 0 Å². The Bertz CT molecular complexity index is 739. The molecule has 7 heteroatoms. The summed E-state index contributed by atoms with van der Waals surface area (Å²) in [5.41, 5.74) is 0.911. The molecule has 0 bridgehead atoms. The van der Waals surface area contributed by atoms with Crippen LogP contribution in [0.15, 0.2) is 53.1 Å². The summed E-state index contributed by atoms with van der Waals surface area (Å²) in [6.07, 6.45) is -0.478. The summed E-state index contributed by atoms with van der Waals surface area (Å²) in [6.45, 7) is 0.985. The summed E-state index contributed by atoms with van der Waals surface area (Å²) in [5, 5.41) is 0. The van der Waals surface area contributed by atoms with E-state index in [9.17, 15) is 9.59 Å². The Labute approximate surface area is 148 Å². The topological polar surface area (TPSA) is 62.7 Å². The van der Waals surface area contributed by atoms with Gasteiger partial charge in [0.2, 0.25) is 5.91 Å². The number of ether oxygens (including phenoxy) is 1. The molecule has 2 heterocycles. The van der Waals surface area contributed by atoms with Crippen molar-refractivity contribution in [1.82, 2.24) is 9.88 Å². The molecule has 2 aromatic rings. The minimum absolute atomic E-state index is 0.0121. The molecule has 1 aromatic carbocycles. The maximum Gasteiger partial charge on any atom is 0.410 e. The van der Waals surface area contributed by atoms with E-state index in [0.29, 0.717) is 23.5 Å². The zero-order valence-electron chi connectivity index (χ0n) is 12.9. The molecular weight excluding hydrogens is 374 g/mol. The van der Waals surface area contributed by atoms with Crippen LogP contribution >= 0.6 is 15.9 Å². The highest BCUT2D eigenvalue weighted by molar-refractivity contribution is 9.10. The number of hydrogen-bond donors (Lipinski definition) is 0. The van der Waals surface area contributed by atoms with Crippen LogP contribution in [-0.4, -0.2) is 41.5 Å². The van der Waals surface area contributed by atoms with Crippen LogP contribution in [0.1, 0.15) is 5.56 Å². The fourth-order valence-corrected chi connectivity index (χ4v) is 2.76. The third-order valence-corrected chi connectivity index (χ3v) is 4.10. The molecule has 0 spiro atoms. The number of halogens is 1. The van der Waals surface area contributed by atoms with Gasteiger partial charge in [-0.05, 0) is 33.6 Å². The largest absolute Gasteiger partial charge is 0.445 e. The summed E-state index contributed by atoms with van der Waals surface area (Å²) in [4.78, 5) is 31.7. The van der Waals surface area contributed by atoms with E-state index in [1.54, 1.807) is 17.0 Å². The highest BCUT2D eigenvalue weighted by atomic mass is 79.9. The Morgan fingerprint density at radius 3 is 2.62 bits per heavy atom. The zero-order valence-corrected chi connectivity index (χ0v) is 14.5. The lowest BCUT2D eigenvalue weighted by molar-refractivity contribution is -0.121. The number of benzene rings is 1. The minimum atomic E-state index is -0.478. The van der Waals surface area contributed by atoms with E-state index >= 15 is 0 Å². The molecule has 1 saturated heterocycles. The number of anilines is 1. The molecule has 0 radical (unpaired) electrons. The molecule has 0 atom stereocenters. The molecule has 124 valence electrons. The Balaban J connectivity index is 1.57. The monoisotopic (exact) mass is 389 g/mol. The fourth-order valence-electron chi connectivity index (χ4n) is 2.43. The molecule has 1 aliphatic rings. The first-order valence-corrected chi connectivity index (χ1v) is 8.31. The molecule has 0 aliphatic carbocycles. The van der Waals surface area contributed by atoms with E-state index < -0.39 is 6.09 Å². The Morgan fingerprint density at radius 2 is 1.92 bits per heavy atom. The lowest BCUT2D eigenvalue weighted by atomic mass is 10.2. The molecule has 0 unspecified atom stereocenters. The summed E-state index contributed by atoms with van der Waals surface area (Å²) in [7, 11) is 0. The van der Waals surface area contributed by atoms with Gasteiger partial charge in [0.1, 0.15) is 23.6 Å². The van der Waals surface area contributed by atoms with Crippen molar-refractivity contribution in [3.05, 3.63) is 58.7 Å². The van der Waals surface area contributed by atoms with Crippen molar-refractivity contribution >= 4 is 33.7 Å². The molecule has 24 heavy (non-hydrogen) atoms.